The summed E-state index contributed by atoms with van der Waals surface area (Å²) in [6, 6.07) is 5.13. The normalized spacial score (nSPS) is 22.2. The summed E-state index contributed by atoms with van der Waals surface area (Å²) < 4.78 is 44.5. The highest BCUT2D eigenvalue weighted by atomic mass is 19.4. The van der Waals surface area contributed by atoms with Gasteiger partial charge in [0.1, 0.15) is 12.2 Å². The molecular weight excluding hydrogens is 283 g/mol. The predicted molar refractivity (Wildman–Crippen MR) is 72.9 cm³/mol. The van der Waals surface area contributed by atoms with Crippen molar-refractivity contribution in [1.29, 1.82) is 0 Å². The van der Waals surface area contributed by atoms with E-state index in [2.05, 4.69) is 4.90 Å². The second-order valence-electron chi connectivity index (χ2n) is 5.24. The van der Waals surface area contributed by atoms with Crippen LogP contribution in [0.2, 0.25) is 0 Å². The fraction of sp³-hybridized carbons (Fsp3) is 0.600. The molecule has 1 aliphatic heterocycles. The molecule has 0 radical (unpaired) electrons. The average molecular weight is 303 g/mol. The number of rotatable bonds is 4. The lowest BCUT2D eigenvalue weighted by Gasteiger charge is -2.35. The molecule has 0 spiro atoms. The molecule has 1 saturated heterocycles. The molecule has 118 valence electrons. The Labute approximate surface area is 122 Å². The standard InChI is InChI=1S/C15H20F3NO2/c1-2-7-19-8-9-21-13(10-19)14(20)11-5-3-4-6-12(11)15(16,17)18/h3-6,13-14,20H,2,7-10H2,1H3. The molecule has 0 aliphatic carbocycles. The topological polar surface area (TPSA) is 32.7 Å². The Balaban J connectivity index is 2.18. The first-order valence-corrected chi connectivity index (χ1v) is 7.11. The predicted octanol–water partition coefficient (Wildman–Crippen LogP) is 2.85. The summed E-state index contributed by atoms with van der Waals surface area (Å²) in [5.74, 6) is 0. The number of alkyl halides is 3. The van der Waals surface area contributed by atoms with Crippen LogP contribution in [0.5, 0.6) is 0 Å². The van der Waals surface area contributed by atoms with Crippen molar-refractivity contribution in [1.82, 2.24) is 4.90 Å². The minimum Gasteiger partial charge on any atom is -0.386 e. The fourth-order valence-corrected chi connectivity index (χ4v) is 2.66. The summed E-state index contributed by atoms with van der Waals surface area (Å²) >= 11 is 0. The number of halogens is 3. The van der Waals surface area contributed by atoms with E-state index < -0.39 is 23.9 Å². The highest BCUT2D eigenvalue weighted by Gasteiger charge is 2.37. The molecule has 1 aliphatic rings. The van der Waals surface area contributed by atoms with E-state index in [4.69, 9.17) is 4.74 Å². The monoisotopic (exact) mass is 303 g/mol. The van der Waals surface area contributed by atoms with Gasteiger partial charge in [-0.15, -0.1) is 0 Å². The van der Waals surface area contributed by atoms with E-state index in [-0.39, 0.29) is 5.56 Å². The Hall–Kier alpha value is -1.11. The Bertz CT molecular complexity index is 462. The van der Waals surface area contributed by atoms with E-state index in [1.165, 1.54) is 18.2 Å². The van der Waals surface area contributed by atoms with Gasteiger partial charge in [-0.25, -0.2) is 0 Å². The van der Waals surface area contributed by atoms with Crippen LogP contribution in [0.15, 0.2) is 24.3 Å². The molecule has 1 fully saturated rings. The molecule has 0 aromatic heterocycles. The first kappa shape index (κ1) is 16.3. The summed E-state index contributed by atoms with van der Waals surface area (Å²) in [5.41, 5.74) is -0.915. The molecule has 1 aromatic carbocycles. The minimum absolute atomic E-state index is 0.117. The zero-order chi connectivity index (χ0) is 15.5. The molecule has 1 heterocycles. The summed E-state index contributed by atoms with van der Waals surface area (Å²) in [4.78, 5) is 2.10. The number of hydrogen-bond donors (Lipinski definition) is 1. The van der Waals surface area contributed by atoms with E-state index in [1.807, 2.05) is 6.92 Å². The molecule has 0 bridgehead atoms. The van der Waals surface area contributed by atoms with Crippen molar-refractivity contribution in [3.63, 3.8) is 0 Å². The highest BCUT2D eigenvalue weighted by Crippen LogP contribution is 2.36. The smallest absolute Gasteiger partial charge is 0.386 e. The van der Waals surface area contributed by atoms with Crippen molar-refractivity contribution in [2.45, 2.75) is 31.7 Å². The van der Waals surface area contributed by atoms with Crippen molar-refractivity contribution >= 4 is 0 Å². The van der Waals surface area contributed by atoms with Gasteiger partial charge in [0.15, 0.2) is 0 Å². The van der Waals surface area contributed by atoms with Gasteiger partial charge in [0.25, 0.3) is 0 Å². The van der Waals surface area contributed by atoms with Crippen molar-refractivity contribution in [3.05, 3.63) is 35.4 Å². The summed E-state index contributed by atoms with van der Waals surface area (Å²) in [7, 11) is 0. The van der Waals surface area contributed by atoms with Gasteiger partial charge in [-0.05, 0) is 24.6 Å². The lowest BCUT2D eigenvalue weighted by Crippen LogP contribution is -2.45. The first-order valence-electron chi connectivity index (χ1n) is 7.11. The molecule has 1 N–H and O–H groups in total. The maximum atomic E-state index is 13.0. The molecule has 6 heteroatoms. The third kappa shape index (κ3) is 3.96. The van der Waals surface area contributed by atoms with Gasteiger partial charge in [0, 0.05) is 13.1 Å². The third-order valence-corrected chi connectivity index (χ3v) is 3.65. The molecule has 0 amide bonds. The van der Waals surface area contributed by atoms with E-state index in [1.54, 1.807) is 0 Å². The Morgan fingerprint density at radius 2 is 2.10 bits per heavy atom. The van der Waals surface area contributed by atoms with Crippen molar-refractivity contribution in [3.8, 4) is 0 Å². The summed E-state index contributed by atoms with van der Waals surface area (Å²) in [5, 5.41) is 10.3. The van der Waals surface area contributed by atoms with Crippen LogP contribution in [-0.4, -0.2) is 42.4 Å². The molecule has 2 atom stereocenters. The van der Waals surface area contributed by atoms with Crippen LogP contribution in [0.1, 0.15) is 30.6 Å². The average Bonchev–Trinajstić information content (AvgIpc) is 2.46. The van der Waals surface area contributed by atoms with Gasteiger partial charge in [-0.2, -0.15) is 13.2 Å². The number of morpholine rings is 1. The van der Waals surface area contributed by atoms with Crippen LogP contribution in [-0.2, 0) is 10.9 Å². The lowest BCUT2D eigenvalue weighted by molar-refractivity contribution is -0.141. The lowest BCUT2D eigenvalue weighted by atomic mass is 9.97. The Morgan fingerprint density at radius 1 is 1.38 bits per heavy atom. The maximum Gasteiger partial charge on any atom is 0.416 e. The molecule has 2 rings (SSSR count). The highest BCUT2D eigenvalue weighted by molar-refractivity contribution is 5.32. The van der Waals surface area contributed by atoms with Gasteiger partial charge in [-0.3, -0.25) is 4.90 Å². The Morgan fingerprint density at radius 3 is 2.76 bits per heavy atom. The third-order valence-electron chi connectivity index (χ3n) is 3.65. The van der Waals surface area contributed by atoms with Gasteiger partial charge in [0.2, 0.25) is 0 Å². The van der Waals surface area contributed by atoms with E-state index >= 15 is 0 Å². The van der Waals surface area contributed by atoms with Crippen LogP contribution in [0.25, 0.3) is 0 Å². The second-order valence-corrected chi connectivity index (χ2v) is 5.24. The van der Waals surface area contributed by atoms with Gasteiger partial charge >= 0.3 is 6.18 Å². The van der Waals surface area contributed by atoms with E-state index in [9.17, 15) is 18.3 Å². The fourth-order valence-electron chi connectivity index (χ4n) is 2.66. The van der Waals surface area contributed by atoms with Crippen LogP contribution in [0, 0.1) is 0 Å². The van der Waals surface area contributed by atoms with Crippen molar-refractivity contribution < 1.29 is 23.0 Å². The molecular formula is C15H20F3NO2. The molecule has 1 aromatic rings. The molecule has 2 unspecified atom stereocenters. The van der Waals surface area contributed by atoms with E-state index in [0.29, 0.717) is 13.2 Å². The number of ether oxygens (including phenoxy) is 1. The van der Waals surface area contributed by atoms with Crippen molar-refractivity contribution in [2.75, 3.05) is 26.2 Å². The van der Waals surface area contributed by atoms with E-state index in [0.717, 1.165) is 25.6 Å². The summed E-state index contributed by atoms with van der Waals surface area (Å²) in [6.07, 6.45) is -5.42. The van der Waals surface area contributed by atoms with Crippen LogP contribution < -0.4 is 0 Å². The Kier molecular flexibility index (Phi) is 5.24. The minimum atomic E-state index is -4.48. The number of aliphatic hydroxyl groups is 1. The number of hydrogen-bond acceptors (Lipinski definition) is 3. The SMILES string of the molecule is CCCN1CCOC(C(O)c2ccccc2C(F)(F)F)C1. The largest absolute Gasteiger partial charge is 0.416 e. The molecule has 0 saturated carbocycles. The number of nitrogens with zero attached hydrogens (tertiary/aromatic N) is 1. The zero-order valence-corrected chi connectivity index (χ0v) is 11.9. The number of aliphatic hydroxyl groups excluding tert-OH is 1. The van der Waals surface area contributed by atoms with Gasteiger partial charge < -0.3 is 9.84 Å². The van der Waals surface area contributed by atoms with Gasteiger partial charge in [0.05, 0.1) is 12.2 Å². The van der Waals surface area contributed by atoms with Gasteiger partial charge in [-0.1, -0.05) is 25.1 Å². The maximum absolute atomic E-state index is 13.0. The van der Waals surface area contributed by atoms with Crippen LogP contribution in [0.4, 0.5) is 13.2 Å². The van der Waals surface area contributed by atoms with Crippen molar-refractivity contribution in [2.24, 2.45) is 0 Å². The quantitative estimate of drug-likeness (QED) is 0.928. The van der Waals surface area contributed by atoms with Crippen LogP contribution in [0.3, 0.4) is 0 Å². The first-order chi connectivity index (χ1) is 9.93. The zero-order valence-electron chi connectivity index (χ0n) is 11.9. The summed E-state index contributed by atoms with van der Waals surface area (Å²) in [6.45, 7) is 4.52. The second kappa shape index (κ2) is 6.77. The molecule has 3 nitrogen and oxygen atoms in total. The van der Waals surface area contributed by atoms with Crippen LogP contribution >= 0.6 is 0 Å². The number of benzene rings is 1. The molecule has 21 heavy (non-hydrogen) atoms.